The number of aromatic nitrogens is 1. The first-order valence-corrected chi connectivity index (χ1v) is 10.1. The fourth-order valence-corrected chi connectivity index (χ4v) is 4.72. The van der Waals surface area contributed by atoms with E-state index >= 15 is 0 Å². The Hall–Kier alpha value is -1.88. The molecule has 27 heavy (non-hydrogen) atoms. The third kappa shape index (κ3) is 3.88. The molecular formula is C22H32N2O3. The summed E-state index contributed by atoms with van der Waals surface area (Å²) >= 11 is 0. The number of allylic oxidation sites excluding steroid dienone is 1. The molecule has 5 atom stereocenters. The number of unbranched alkanes of at least 4 members (excludes halogenated alkanes) is 1. The third-order valence-corrected chi connectivity index (χ3v) is 6.53. The van der Waals surface area contributed by atoms with Gasteiger partial charge in [0.25, 0.3) is 0 Å². The van der Waals surface area contributed by atoms with Crippen molar-refractivity contribution in [1.29, 1.82) is 0 Å². The van der Waals surface area contributed by atoms with Gasteiger partial charge in [-0.15, -0.1) is 0 Å². The average Bonchev–Trinajstić information content (AvgIpc) is 2.66. The number of pyridine rings is 1. The van der Waals surface area contributed by atoms with Crippen molar-refractivity contribution in [3.63, 3.8) is 0 Å². The minimum atomic E-state index is -0.325. The fourth-order valence-electron chi connectivity index (χ4n) is 4.72. The molecule has 2 bridgehead atoms. The standard InChI is InChI=1S/C22H32N2O3/c1-5-6-10-24-21(25)27-14-22-13-26-20(18-8-7-9-23-12-18)19(17(22)4)15(2)11-16(22)3/h7-9,11-12,16-17,19-20H,5-6,10,13-14H2,1-4H3,(H,24,25)/t16?,17-,19?,20?,22+/m0/s1. The van der Waals surface area contributed by atoms with Crippen molar-refractivity contribution in [1.82, 2.24) is 10.3 Å². The monoisotopic (exact) mass is 372 g/mol. The lowest BCUT2D eigenvalue weighted by atomic mass is 9.56. The second kappa shape index (κ2) is 8.42. The van der Waals surface area contributed by atoms with E-state index in [0.717, 1.165) is 18.4 Å². The number of alkyl carbamates (subject to hydrolysis) is 1. The Morgan fingerprint density at radius 1 is 1.44 bits per heavy atom. The first kappa shape index (κ1) is 19.9. The largest absolute Gasteiger partial charge is 0.449 e. The van der Waals surface area contributed by atoms with Gasteiger partial charge in [0.1, 0.15) is 6.61 Å². The van der Waals surface area contributed by atoms with Gasteiger partial charge >= 0.3 is 6.09 Å². The summed E-state index contributed by atoms with van der Waals surface area (Å²) in [5, 5.41) is 2.84. The molecule has 5 nitrogen and oxygen atoms in total. The number of fused-ring (bicyclic) bond motifs is 2. The van der Waals surface area contributed by atoms with E-state index in [1.807, 2.05) is 12.3 Å². The highest BCUT2D eigenvalue weighted by Crippen LogP contribution is 2.56. The van der Waals surface area contributed by atoms with Crippen molar-refractivity contribution < 1.29 is 14.3 Å². The minimum Gasteiger partial charge on any atom is -0.449 e. The molecule has 2 heterocycles. The van der Waals surface area contributed by atoms with Crippen LogP contribution in [0, 0.1) is 23.2 Å². The second-order valence-corrected chi connectivity index (χ2v) is 8.12. The van der Waals surface area contributed by atoms with E-state index in [-0.39, 0.29) is 23.5 Å². The highest BCUT2D eigenvalue weighted by atomic mass is 16.6. The minimum absolute atomic E-state index is 0.00366. The van der Waals surface area contributed by atoms with Gasteiger partial charge in [-0.25, -0.2) is 4.79 Å². The zero-order valence-electron chi connectivity index (χ0n) is 16.9. The molecular weight excluding hydrogens is 340 g/mol. The summed E-state index contributed by atoms with van der Waals surface area (Å²) in [7, 11) is 0. The van der Waals surface area contributed by atoms with Crippen LogP contribution in [-0.4, -0.2) is 30.8 Å². The van der Waals surface area contributed by atoms with E-state index in [1.54, 1.807) is 6.20 Å². The lowest BCUT2D eigenvalue weighted by Gasteiger charge is -2.55. The van der Waals surface area contributed by atoms with Crippen LogP contribution in [0.3, 0.4) is 0 Å². The molecule has 1 saturated heterocycles. The molecule has 1 fully saturated rings. The molecule has 1 aliphatic carbocycles. The quantitative estimate of drug-likeness (QED) is 0.589. The van der Waals surface area contributed by atoms with Gasteiger partial charge in [0.15, 0.2) is 0 Å². The SMILES string of the molecule is CCCCNC(=O)OC[C@]12COC(c3cccnc3)C(C(C)=CC1C)[C@@H]2C. The van der Waals surface area contributed by atoms with Gasteiger partial charge in [0.05, 0.1) is 12.7 Å². The first-order chi connectivity index (χ1) is 13.0. The summed E-state index contributed by atoms with van der Waals surface area (Å²) < 4.78 is 12.0. The molecule has 1 aromatic rings. The number of carbonyl (C=O) groups is 1. The molecule has 0 aromatic carbocycles. The van der Waals surface area contributed by atoms with Crippen LogP contribution in [0.4, 0.5) is 4.79 Å². The van der Waals surface area contributed by atoms with Gasteiger partial charge in [-0.3, -0.25) is 4.98 Å². The highest BCUT2D eigenvalue weighted by Gasteiger charge is 2.54. The van der Waals surface area contributed by atoms with Crippen molar-refractivity contribution in [3.05, 3.63) is 41.7 Å². The molecule has 2 aliphatic rings. The lowest BCUT2D eigenvalue weighted by Crippen LogP contribution is -2.54. The first-order valence-electron chi connectivity index (χ1n) is 10.1. The van der Waals surface area contributed by atoms with Gasteiger partial charge < -0.3 is 14.8 Å². The molecule has 1 aliphatic heterocycles. The Morgan fingerprint density at radius 2 is 2.26 bits per heavy atom. The van der Waals surface area contributed by atoms with Crippen LogP contribution in [-0.2, 0) is 9.47 Å². The predicted molar refractivity (Wildman–Crippen MR) is 105 cm³/mol. The van der Waals surface area contributed by atoms with E-state index < -0.39 is 0 Å². The summed E-state index contributed by atoms with van der Waals surface area (Å²) in [6.45, 7) is 10.4. The smallest absolute Gasteiger partial charge is 0.407 e. The van der Waals surface area contributed by atoms with Crippen LogP contribution in [0.2, 0.25) is 0 Å². The lowest BCUT2D eigenvalue weighted by molar-refractivity contribution is -0.165. The summed E-state index contributed by atoms with van der Waals surface area (Å²) in [6.07, 6.45) is 7.72. The average molecular weight is 373 g/mol. The number of carbonyl (C=O) groups excluding carboxylic acids is 1. The molecule has 1 aromatic heterocycles. The number of hydrogen-bond acceptors (Lipinski definition) is 4. The Bertz CT molecular complexity index is 675. The van der Waals surface area contributed by atoms with Crippen molar-refractivity contribution in [3.8, 4) is 0 Å². The maximum atomic E-state index is 12.1. The van der Waals surface area contributed by atoms with Crippen molar-refractivity contribution >= 4 is 6.09 Å². The summed E-state index contributed by atoms with van der Waals surface area (Å²) in [5.41, 5.74) is 2.28. The third-order valence-electron chi connectivity index (χ3n) is 6.53. The topological polar surface area (TPSA) is 60.5 Å². The van der Waals surface area contributed by atoms with Crippen molar-refractivity contribution in [2.45, 2.75) is 46.6 Å². The van der Waals surface area contributed by atoms with Crippen LogP contribution < -0.4 is 5.32 Å². The molecule has 148 valence electrons. The zero-order chi connectivity index (χ0) is 19.4. The molecule has 0 saturated carbocycles. The Kier molecular flexibility index (Phi) is 6.20. The fraction of sp³-hybridized carbons (Fsp3) is 0.636. The van der Waals surface area contributed by atoms with Gasteiger partial charge in [-0.2, -0.15) is 0 Å². The molecule has 1 amide bonds. The van der Waals surface area contributed by atoms with Crippen molar-refractivity contribution in [2.24, 2.45) is 23.2 Å². The molecule has 0 spiro atoms. The van der Waals surface area contributed by atoms with Crippen LogP contribution >= 0.6 is 0 Å². The number of rotatable bonds is 6. The van der Waals surface area contributed by atoms with E-state index in [4.69, 9.17) is 9.47 Å². The molecule has 1 N–H and O–H groups in total. The summed E-state index contributed by atoms with van der Waals surface area (Å²) in [6, 6.07) is 4.04. The Labute approximate surface area is 162 Å². The number of amides is 1. The van der Waals surface area contributed by atoms with E-state index in [2.05, 4.69) is 50.1 Å². The Balaban J connectivity index is 1.76. The molecule has 5 heteroatoms. The van der Waals surface area contributed by atoms with E-state index in [0.29, 0.717) is 31.6 Å². The van der Waals surface area contributed by atoms with Crippen LogP contribution in [0.5, 0.6) is 0 Å². The second-order valence-electron chi connectivity index (χ2n) is 8.12. The van der Waals surface area contributed by atoms with Gasteiger partial charge in [-0.1, -0.05) is 44.9 Å². The van der Waals surface area contributed by atoms with E-state index in [9.17, 15) is 4.79 Å². The zero-order valence-corrected chi connectivity index (χ0v) is 16.9. The number of nitrogens with zero attached hydrogens (tertiary/aromatic N) is 1. The predicted octanol–water partition coefficient (Wildman–Crippen LogP) is 4.51. The molecule has 3 unspecified atom stereocenters. The van der Waals surface area contributed by atoms with Crippen LogP contribution in [0.15, 0.2) is 36.2 Å². The van der Waals surface area contributed by atoms with E-state index in [1.165, 1.54) is 5.57 Å². The van der Waals surface area contributed by atoms with Gasteiger partial charge in [0, 0.05) is 30.3 Å². The maximum absolute atomic E-state index is 12.1. The van der Waals surface area contributed by atoms with Gasteiger partial charge in [0.2, 0.25) is 0 Å². The summed E-state index contributed by atoms with van der Waals surface area (Å²) in [4.78, 5) is 16.3. The molecule has 3 rings (SSSR count). The number of hydrogen-bond donors (Lipinski definition) is 1. The normalized spacial score (nSPS) is 32.5. The highest BCUT2D eigenvalue weighted by molar-refractivity contribution is 5.67. The molecule has 0 radical (unpaired) electrons. The Morgan fingerprint density at radius 3 is 2.96 bits per heavy atom. The van der Waals surface area contributed by atoms with Crippen LogP contribution in [0.25, 0.3) is 0 Å². The van der Waals surface area contributed by atoms with Crippen molar-refractivity contribution in [2.75, 3.05) is 19.8 Å². The summed E-state index contributed by atoms with van der Waals surface area (Å²) in [5.74, 6) is 0.910. The number of nitrogens with one attached hydrogen (secondary N) is 1. The number of ether oxygens (including phenoxy) is 2. The van der Waals surface area contributed by atoms with Crippen LogP contribution in [0.1, 0.15) is 52.2 Å². The van der Waals surface area contributed by atoms with Gasteiger partial charge in [-0.05, 0) is 36.8 Å². The maximum Gasteiger partial charge on any atom is 0.407 e.